The molecular weight excluding hydrogens is 738 g/mol. The molecule has 0 atom stereocenters. The molecule has 0 saturated carbocycles. The normalized spacial score (nSPS) is 14.1. The first-order valence-corrected chi connectivity index (χ1v) is 16.0. The van der Waals surface area contributed by atoms with E-state index in [0.29, 0.717) is 24.3 Å². The SMILES string of the molecule is C=CCN1C(=O)c2ccc(C(=O)Oc3ccc(C(c4ccc(OC(=O)c5ccc6c(c5)C(=O)N(CC=C)C6=O)cc4)(C(F)(F)F)C(F)(F)F)cc3)cc2C1=O. The van der Waals surface area contributed by atoms with Gasteiger partial charge >= 0.3 is 24.3 Å². The van der Waals surface area contributed by atoms with Crippen LogP contribution in [0, 0.1) is 0 Å². The number of imide groups is 2. The Morgan fingerprint density at radius 1 is 0.527 bits per heavy atom. The average molecular weight is 763 g/mol. The van der Waals surface area contributed by atoms with Crippen LogP contribution in [0.25, 0.3) is 0 Å². The van der Waals surface area contributed by atoms with Crippen molar-refractivity contribution >= 4 is 35.6 Å². The van der Waals surface area contributed by atoms with Crippen molar-refractivity contribution in [2.75, 3.05) is 13.1 Å². The van der Waals surface area contributed by atoms with E-state index < -0.39 is 76.0 Å². The Labute approximate surface area is 306 Å². The number of rotatable bonds is 10. The van der Waals surface area contributed by atoms with Gasteiger partial charge in [-0.2, -0.15) is 26.3 Å². The third-order valence-electron chi connectivity index (χ3n) is 8.88. The Bertz CT molecular complexity index is 2150. The summed E-state index contributed by atoms with van der Waals surface area (Å²) in [5.41, 5.74) is -7.81. The minimum absolute atomic E-state index is 0.0152. The van der Waals surface area contributed by atoms with E-state index in [0.717, 1.165) is 46.2 Å². The van der Waals surface area contributed by atoms with E-state index in [4.69, 9.17) is 9.47 Å². The highest BCUT2D eigenvalue weighted by Gasteiger charge is 2.72. The Kier molecular flexibility index (Phi) is 9.55. The molecule has 0 radical (unpaired) electrons. The molecule has 2 heterocycles. The van der Waals surface area contributed by atoms with E-state index in [2.05, 4.69) is 13.2 Å². The monoisotopic (exact) mass is 762 g/mol. The number of hydrogen-bond donors (Lipinski definition) is 0. The summed E-state index contributed by atoms with van der Waals surface area (Å²) in [5, 5.41) is 0. The summed E-state index contributed by atoms with van der Waals surface area (Å²) in [6.45, 7) is 6.77. The maximum absolute atomic E-state index is 14.8. The minimum atomic E-state index is -5.98. The van der Waals surface area contributed by atoms with Gasteiger partial charge in [-0.1, -0.05) is 36.4 Å². The molecule has 16 heteroatoms. The molecule has 0 bridgehead atoms. The fourth-order valence-electron chi connectivity index (χ4n) is 6.29. The molecule has 0 saturated heterocycles. The van der Waals surface area contributed by atoms with Crippen LogP contribution < -0.4 is 9.47 Å². The highest BCUT2D eigenvalue weighted by atomic mass is 19.4. The van der Waals surface area contributed by atoms with Crippen molar-refractivity contribution in [2.24, 2.45) is 0 Å². The van der Waals surface area contributed by atoms with Crippen LogP contribution in [0.3, 0.4) is 0 Å². The van der Waals surface area contributed by atoms with E-state index >= 15 is 0 Å². The molecule has 6 rings (SSSR count). The lowest BCUT2D eigenvalue weighted by atomic mass is 9.73. The summed E-state index contributed by atoms with van der Waals surface area (Å²) in [5.74, 6) is -5.73. The van der Waals surface area contributed by atoms with Crippen molar-refractivity contribution in [2.45, 2.75) is 17.8 Å². The summed E-state index contributed by atoms with van der Waals surface area (Å²) in [7, 11) is 0. The van der Waals surface area contributed by atoms with Gasteiger partial charge in [0.15, 0.2) is 0 Å². The number of carbonyl (C=O) groups excluding carboxylic acids is 6. The number of carbonyl (C=O) groups is 6. The fourth-order valence-corrected chi connectivity index (χ4v) is 6.29. The van der Waals surface area contributed by atoms with Gasteiger partial charge in [-0.05, 0) is 71.8 Å². The van der Waals surface area contributed by atoms with Crippen molar-refractivity contribution in [3.63, 3.8) is 0 Å². The molecule has 4 amide bonds. The van der Waals surface area contributed by atoms with Gasteiger partial charge in [-0.15, -0.1) is 13.2 Å². The first-order valence-electron chi connectivity index (χ1n) is 16.0. The van der Waals surface area contributed by atoms with E-state index in [9.17, 15) is 55.1 Å². The average Bonchev–Trinajstić information content (AvgIpc) is 3.51. The zero-order valence-electron chi connectivity index (χ0n) is 28.0. The lowest BCUT2D eigenvalue weighted by Gasteiger charge is -2.38. The molecule has 0 aliphatic carbocycles. The molecule has 4 aromatic carbocycles. The van der Waals surface area contributed by atoms with Gasteiger partial charge in [0.1, 0.15) is 11.5 Å². The van der Waals surface area contributed by atoms with Crippen LogP contribution in [-0.2, 0) is 5.41 Å². The van der Waals surface area contributed by atoms with Crippen molar-refractivity contribution in [3.05, 3.63) is 155 Å². The standard InChI is InChI=1S/C39H24F6N2O8/c1-3-17-46-31(48)27-15-5-21(19-29(27)33(46)50)35(52)54-25-11-7-23(8-12-25)37(38(40,41)42,39(43,44)45)24-9-13-26(14-10-24)55-36(53)22-6-16-28-30(20-22)34(51)47(18-4-2)32(28)49/h3-16,19-20H,1-2,17-18H2. The number of fused-ring (bicyclic) bond motifs is 2. The van der Waals surface area contributed by atoms with Crippen molar-refractivity contribution in [1.29, 1.82) is 0 Å². The van der Waals surface area contributed by atoms with Gasteiger partial charge in [-0.25, -0.2) is 9.59 Å². The molecule has 0 aromatic heterocycles. The number of benzene rings is 4. The highest BCUT2D eigenvalue weighted by molar-refractivity contribution is 6.22. The molecule has 55 heavy (non-hydrogen) atoms. The van der Waals surface area contributed by atoms with Gasteiger partial charge in [0.25, 0.3) is 23.6 Å². The van der Waals surface area contributed by atoms with Crippen LogP contribution in [0.4, 0.5) is 26.3 Å². The third kappa shape index (κ3) is 6.34. The number of ether oxygens (including phenoxy) is 2. The number of alkyl halides is 6. The lowest BCUT2D eigenvalue weighted by Crippen LogP contribution is -2.54. The van der Waals surface area contributed by atoms with Crippen molar-refractivity contribution in [1.82, 2.24) is 9.80 Å². The summed E-state index contributed by atoms with van der Waals surface area (Å²) >= 11 is 0. The Hall–Kier alpha value is -6.84. The topological polar surface area (TPSA) is 127 Å². The van der Waals surface area contributed by atoms with Gasteiger partial charge in [-0.3, -0.25) is 29.0 Å². The quantitative estimate of drug-likeness (QED) is 0.0551. The van der Waals surface area contributed by atoms with E-state index in [1.165, 1.54) is 36.4 Å². The molecule has 10 nitrogen and oxygen atoms in total. The number of esters is 2. The first kappa shape index (κ1) is 37.9. The highest BCUT2D eigenvalue weighted by Crippen LogP contribution is 2.56. The van der Waals surface area contributed by atoms with Crippen LogP contribution in [0.2, 0.25) is 0 Å². The zero-order chi connectivity index (χ0) is 40.0. The predicted molar refractivity (Wildman–Crippen MR) is 180 cm³/mol. The summed E-state index contributed by atoms with van der Waals surface area (Å²) < 4.78 is 99.0. The third-order valence-corrected chi connectivity index (χ3v) is 8.88. The zero-order valence-corrected chi connectivity index (χ0v) is 28.0. The summed E-state index contributed by atoms with van der Waals surface area (Å²) in [4.78, 5) is 77.7. The second-order valence-electron chi connectivity index (χ2n) is 12.1. The predicted octanol–water partition coefficient (Wildman–Crippen LogP) is 7.10. The van der Waals surface area contributed by atoms with Gasteiger partial charge in [0.2, 0.25) is 5.41 Å². The maximum Gasteiger partial charge on any atom is 0.411 e. The first-order chi connectivity index (χ1) is 25.9. The van der Waals surface area contributed by atoms with Crippen molar-refractivity contribution < 1.29 is 64.6 Å². The second-order valence-corrected chi connectivity index (χ2v) is 12.1. The van der Waals surface area contributed by atoms with Crippen LogP contribution >= 0.6 is 0 Å². The number of amides is 4. The van der Waals surface area contributed by atoms with E-state index in [1.54, 1.807) is 0 Å². The van der Waals surface area contributed by atoms with Crippen LogP contribution in [0.15, 0.2) is 110 Å². The minimum Gasteiger partial charge on any atom is -0.423 e. The van der Waals surface area contributed by atoms with Crippen molar-refractivity contribution in [3.8, 4) is 11.5 Å². The fraction of sp³-hybridized carbons (Fsp3) is 0.128. The molecule has 2 aliphatic rings. The molecule has 4 aromatic rings. The molecule has 280 valence electrons. The molecule has 0 N–H and O–H groups in total. The van der Waals surface area contributed by atoms with Crippen LogP contribution in [0.1, 0.15) is 73.3 Å². The van der Waals surface area contributed by atoms with Crippen LogP contribution in [-0.4, -0.2) is 70.8 Å². The second kappa shape index (κ2) is 13.9. The Balaban J connectivity index is 1.24. The van der Waals surface area contributed by atoms with Crippen LogP contribution in [0.5, 0.6) is 11.5 Å². The Morgan fingerprint density at radius 2 is 0.855 bits per heavy atom. The number of halogens is 6. The smallest absolute Gasteiger partial charge is 0.411 e. The molecule has 0 spiro atoms. The largest absolute Gasteiger partial charge is 0.423 e. The molecule has 2 aliphatic heterocycles. The Morgan fingerprint density at radius 3 is 1.16 bits per heavy atom. The van der Waals surface area contributed by atoms with Gasteiger partial charge < -0.3 is 9.47 Å². The van der Waals surface area contributed by atoms with Gasteiger partial charge in [0.05, 0.1) is 33.4 Å². The molecule has 0 unspecified atom stereocenters. The molecule has 0 fully saturated rings. The lowest BCUT2D eigenvalue weighted by molar-refractivity contribution is -0.288. The summed E-state index contributed by atoms with van der Waals surface area (Å²) in [6.07, 6.45) is -9.31. The maximum atomic E-state index is 14.8. The van der Waals surface area contributed by atoms with E-state index in [-0.39, 0.29) is 46.5 Å². The van der Waals surface area contributed by atoms with Gasteiger partial charge in [0, 0.05) is 13.1 Å². The number of hydrogen-bond acceptors (Lipinski definition) is 8. The molecular formula is C39H24F6N2O8. The van der Waals surface area contributed by atoms with E-state index in [1.807, 2.05) is 0 Å². The summed E-state index contributed by atoms with van der Waals surface area (Å²) in [6, 6.07) is 11.8. The number of nitrogens with zero attached hydrogens (tertiary/aromatic N) is 2.